The maximum Gasteiger partial charge on any atom is 0.233 e. The van der Waals surface area contributed by atoms with Gasteiger partial charge in [-0.05, 0) is 30.3 Å². The minimum absolute atomic E-state index is 0.184. The molecule has 2 aromatic carbocycles. The summed E-state index contributed by atoms with van der Waals surface area (Å²) < 4.78 is 11.1. The first-order chi connectivity index (χ1) is 9.76. The van der Waals surface area contributed by atoms with E-state index >= 15 is 0 Å². The molecular weight excluding hydrogens is 254 g/mol. The van der Waals surface area contributed by atoms with Crippen LogP contribution in [-0.2, 0) is 6.61 Å². The lowest BCUT2D eigenvalue weighted by Crippen LogP contribution is -1.95. The number of aromatic nitrogens is 1. The second-order valence-electron chi connectivity index (χ2n) is 4.23. The quantitative estimate of drug-likeness (QED) is 0.736. The van der Waals surface area contributed by atoms with Gasteiger partial charge in [-0.2, -0.15) is 5.26 Å². The van der Waals surface area contributed by atoms with Crippen molar-refractivity contribution >= 4 is 16.8 Å². The summed E-state index contributed by atoms with van der Waals surface area (Å²) in [4.78, 5) is 4.29. The van der Waals surface area contributed by atoms with Crippen LogP contribution in [0.5, 0.6) is 5.75 Å². The smallest absolute Gasteiger partial charge is 0.233 e. The van der Waals surface area contributed by atoms with E-state index in [-0.39, 0.29) is 6.61 Å². The number of nitrogens with two attached hydrogens (primary N) is 1. The summed E-state index contributed by atoms with van der Waals surface area (Å²) in [6.07, 6.45) is 0. The first kappa shape index (κ1) is 12.1. The van der Waals surface area contributed by atoms with Crippen LogP contribution < -0.4 is 10.5 Å². The zero-order valence-corrected chi connectivity index (χ0v) is 10.5. The van der Waals surface area contributed by atoms with Gasteiger partial charge in [0.15, 0.2) is 12.2 Å². The number of nitrogens with zero attached hydrogens (tertiary/aromatic N) is 2. The van der Waals surface area contributed by atoms with Crippen molar-refractivity contribution < 1.29 is 9.15 Å². The maximum absolute atomic E-state index is 8.82. The predicted molar refractivity (Wildman–Crippen MR) is 73.9 cm³/mol. The molecule has 3 rings (SSSR count). The molecule has 0 atom stereocenters. The second kappa shape index (κ2) is 4.94. The van der Waals surface area contributed by atoms with Gasteiger partial charge in [-0.1, -0.05) is 12.1 Å². The summed E-state index contributed by atoms with van der Waals surface area (Å²) in [5.41, 5.74) is 8.20. The van der Waals surface area contributed by atoms with Gasteiger partial charge < -0.3 is 14.9 Å². The van der Waals surface area contributed by atoms with E-state index in [0.717, 1.165) is 0 Å². The number of hydrogen-bond donors (Lipinski definition) is 1. The van der Waals surface area contributed by atoms with Gasteiger partial charge >= 0.3 is 0 Å². The molecule has 0 amide bonds. The molecule has 98 valence electrons. The van der Waals surface area contributed by atoms with Crippen LogP contribution in [0, 0.1) is 11.3 Å². The van der Waals surface area contributed by atoms with Crippen LogP contribution in [0.15, 0.2) is 46.9 Å². The van der Waals surface area contributed by atoms with Crippen LogP contribution in [-0.4, -0.2) is 4.98 Å². The fourth-order valence-corrected chi connectivity index (χ4v) is 1.88. The monoisotopic (exact) mass is 265 g/mol. The van der Waals surface area contributed by atoms with E-state index in [4.69, 9.17) is 20.1 Å². The number of anilines is 1. The summed E-state index contributed by atoms with van der Waals surface area (Å²) >= 11 is 0. The van der Waals surface area contributed by atoms with E-state index in [1.165, 1.54) is 0 Å². The molecule has 0 unspecified atom stereocenters. The third-order valence-corrected chi connectivity index (χ3v) is 2.82. The Morgan fingerprint density at radius 3 is 2.90 bits per heavy atom. The molecule has 0 radical (unpaired) electrons. The Labute approximate surface area is 115 Å². The van der Waals surface area contributed by atoms with Crippen molar-refractivity contribution in [2.45, 2.75) is 6.61 Å². The molecule has 0 bridgehead atoms. The van der Waals surface area contributed by atoms with Gasteiger partial charge in [-0.15, -0.1) is 0 Å². The Morgan fingerprint density at radius 2 is 2.10 bits per heavy atom. The van der Waals surface area contributed by atoms with E-state index in [1.807, 2.05) is 6.07 Å². The number of nitrogen functional groups attached to an aromatic ring is 1. The van der Waals surface area contributed by atoms with Gasteiger partial charge in [0, 0.05) is 0 Å². The van der Waals surface area contributed by atoms with Gasteiger partial charge in [0.1, 0.15) is 11.3 Å². The van der Waals surface area contributed by atoms with Crippen LogP contribution in [0.2, 0.25) is 0 Å². The largest absolute Gasteiger partial charge is 0.484 e. The summed E-state index contributed by atoms with van der Waals surface area (Å²) in [7, 11) is 0. The van der Waals surface area contributed by atoms with Crippen LogP contribution in [0.25, 0.3) is 11.1 Å². The van der Waals surface area contributed by atoms with E-state index in [9.17, 15) is 0 Å². The minimum Gasteiger partial charge on any atom is -0.484 e. The number of nitriles is 1. The van der Waals surface area contributed by atoms with Gasteiger partial charge in [-0.3, -0.25) is 0 Å². The zero-order valence-electron chi connectivity index (χ0n) is 10.5. The standard InChI is InChI=1S/C15H11N3O2/c16-8-10-3-1-4-11(7-10)19-9-14-18-15-12(17)5-2-6-13(15)20-14/h1-7H,9,17H2. The summed E-state index contributed by atoms with van der Waals surface area (Å²) in [5.74, 6) is 1.04. The number of ether oxygens (including phenoxy) is 1. The van der Waals surface area contributed by atoms with Crippen molar-refractivity contribution in [1.82, 2.24) is 4.98 Å². The Balaban J connectivity index is 1.80. The average molecular weight is 265 g/mol. The van der Waals surface area contributed by atoms with Crippen molar-refractivity contribution in [2.75, 3.05) is 5.73 Å². The number of rotatable bonds is 3. The van der Waals surface area contributed by atoms with Crippen molar-refractivity contribution in [1.29, 1.82) is 5.26 Å². The average Bonchev–Trinajstić information content (AvgIpc) is 2.90. The van der Waals surface area contributed by atoms with Crippen LogP contribution in [0.4, 0.5) is 5.69 Å². The normalized spacial score (nSPS) is 10.3. The van der Waals surface area contributed by atoms with Crippen LogP contribution >= 0.6 is 0 Å². The van der Waals surface area contributed by atoms with E-state index in [1.54, 1.807) is 36.4 Å². The van der Waals surface area contributed by atoms with Crippen molar-refractivity contribution in [3.8, 4) is 11.8 Å². The lowest BCUT2D eigenvalue weighted by Gasteiger charge is -2.02. The maximum atomic E-state index is 8.82. The third-order valence-electron chi connectivity index (χ3n) is 2.82. The molecule has 0 spiro atoms. The number of fused-ring (bicyclic) bond motifs is 1. The molecule has 20 heavy (non-hydrogen) atoms. The topological polar surface area (TPSA) is 85.1 Å². The van der Waals surface area contributed by atoms with Crippen LogP contribution in [0.1, 0.15) is 11.5 Å². The fraction of sp³-hybridized carbons (Fsp3) is 0.0667. The third kappa shape index (κ3) is 2.27. The molecule has 2 N–H and O–H groups in total. The van der Waals surface area contributed by atoms with E-state index < -0.39 is 0 Å². The summed E-state index contributed by atoms with van der Waals surface area (Å²) in [6, 6.07) is 14.4. The highest BCUT2D eigenvalue weighted by Crippen LogP contribution is 2.22. The lowest BCUT2D eigenvalue weighted by atomic mass is 10.2. The molecule has 0 saturated heterocycles. The number of para-hydroxylation sites is 1. The first-order valence-corrected chi connectivity index (χ1v) is 6.03. The van der Waals surface area contributed by atoms with E-state index in [0.29, 0.717) is 34.0 Å². The molecule has 1 aromatic heterocycles. The molecule has 5 heteroatoms. The van der Waals surface area contributed by atoms with Gasteiger partial charge in [0.05, 0.1) is 17.3 Å². The van der Waals surface area contributed by atoms with Gasteiger partial charge in [0.25, 0.3) is 0 Å². The number of hydrogen-bond acceptors (Lipinski definition) is 5. The Morgan fingerprint density at radius 1 is 1.25 bits per heavy atom. The van der Waals surface area contributed by atoms with Gasteiger partial charge in [0.2, 0.25) is 5.89 Å². The molecule has 0 fully saturated rings. The SMILES string of the molecule is N#Cc1cccc(OCc2nc3c(N)cccc3o2)c1. The Hall–Kier alpha value is -3.00. The van der Waals surface area contributed by atoms with Crippen molar-refractivity contribution in [2.24, 2.45) is 0 Å². The Bertz CT molecular complexity index is 802. The highest BCUT2D eigenvalue weighted by molar-refractivity contribution is 5.85. The minimum atomic E-state index is 0.184. The molecule has 1 heterocycles. The molecule has 0 aliphatic heterocycles. The van der Waals surface area contributed by atoms with Gasteiger partial charge in [-0.25, -0.2) is 4.98 Å². The summed E-state index contributed by atoms with van der Waals surface area (Å²) in [5, 5.41) is 8.82. The van der Waals surface area contributed by atoms with Crippen molar-refractivity contribution in [3.05, 3.63) is 53.9 Å². The lowest BCUT2D eigenvalue weighted by molar-refractivity contribution is 0.267. The van der Waals surface area contributed by atoms with E-state index in [2.05, 4.69) is 11.1 Å². The Kier molecular flexibility index (Phi) is 2.98. The van der Waals surface area contributed by atoms with Crippen LogP contribution in [0.3, 0.4) is 0 Å². The molecule has 3 aromatic rings. The highest BCUT2D eigenvalue weighted by Gasteiger charge is 2.08. The highest BCUT2D eigenvalue weighted by atomic mass is 16.5. The molecule has 0 aliphatic carbocycles. The molecule has 0 aliphatic rings. The van der Waals surface area contributed by atoms with Crippen molar-refractivity contribution in [3.63, 3.8) is 0 Å². The first-order valence-electron chi connectivity index (χ1n) is 6.03. The summed E-state index contributed by atoms with van der Waals surface area (Å²) in [6.45, 7) is 0.184. The zero-order chi connectivity index (χ0) is 13.9. The molecule has 5 nitrogen and oxygen atoms in total. The number of oxazole rings is 1. The fourth-order valence-electron chi connectivity index (χ4n) is 1.88. The molecular formula is C15H11N3O2. The second-order valence-corrected chi connectivity index (χ2v) is 4.23. The molecule has 0 saturated carbocycles. The number of benzene rings is 2. The predicted octanol–water partition coefficient (Wildman–Crippen LogP) is 2.86.